The summed E-state index contributed by atoms with van der Waals surface area (Å²) >= 11 is 0. The summed E-state index contributed by atoms with van der Waals surface area (Å²) in [6.45, 7) is 2.56. The van der Waals surface area contributed by atoms with Crippen LogP contribution in [0.5, 0.6) is 0 Å². The van der Waals surface area contributed by atoms with Crippen LogP contribution in [0.3, 0.4) is 0 Å². The van der Waals surface area contributed by atoms with Crippen LogP contribution in [0.25, 0.3) is 0 Å². The number of nitrogens with zero attached hydrogens (tertiary/aromatic N) is 2. The monoisotopic (exact) mass is 249 g/mol. The largest absolute Gasteiger partial charge is 0.481 e. The van der Waals surface area contributed by atoms with E-state index in [-0.39, 0.29) is 12.3 Å². The van der Waals surface area contributed by atoms with Gasteiger partial charge in [0.1, 0.15) is 12.1 Å². The Morgan fingerprint density at radius 1 is 1.44 bits per heavy atom. The predicted molar refractivity (Wildman–Crippen MR) is 68.6 cm³/mol. The summed E-state index contributed by atoms with van der Waals surface area (Å²) in [6.07, 6.45) is 6.19. The fourth-order valence-corrected chi connectivity index (χ4v) is 2.31. The molecule has 0 aromatic carbocycles. The van der Waals surface area contributed by atoms with Gasteiger partial charge in [-0.15, -0.1) is 0 Å². The zero-order valence-electron chi connectivity index (χ0n) is 10.6. The maximum absolute atomic E-state index is 10.6. The molecule has 1 aliphatic rings. The maximum atomic E-state index is 10.6. The molecule has 0 spiro atoms. The SMILES string of the molecule is CC(CNc1ncnc2c1CCCC2)CC(=O)O. The lowest BCUT2D eigenvalue weighted by atomic mass is 9.96. The lowest BCUT2D eigenvalue weighted by Crippen LogP contribution is -2.18. The Morgan fingerprint density at radius 2 is 2.22 bits per heavy atom. The molecule has 0 saturated heterocycles. The van der Waals surface area contributed by atoms with E-state index in [0.717, 1.165) is 24.4 Å². The number of rotatable bonds is 5. The molecular formula is C13H19N3O2. The second-order valence-corrected chi connectivity index (χ2v) is 4.94. The summed E-state index contributed by atoms with van der Waals surface area (Å²) in [5.74, 6) is 0.225. The standard InChI is InChI=1S/C13H19N3O2/c1-9(6-12(17)18)7-14-13-10-4-2-3-5-11(10)15-8-16-13/h8-9H,2-7H2,1H3,(H,17,18)(H,14,15,16). The average molecular weight is 249 g/mol. The van der Waals surface area contributed by atoms with Crippen molar-refractivity contribution < 1.29 is 9.90 Å². The van der Waals surface area contributed by atoms with E-state index in [2.05, 4.69) is 15.3 Å². The summed E-state index contributed by atoms with van der Waals surface area (Å²) in [7, 11) is 0. The van der Waals surface area contributed by atoms with Crippen LogP contribution in [0.2, 0.25) is 0 Å². The molecule has 0 amide bonds. The van der Waals surface area contributed by atoms with Gasteiger partial charge in [-0.3, -0.25) is 4.79 Å². The number of carboxylic acid groups (broad SMARTS) is 1. The topological polar surface area (TPSA) is 75.1 Å². The Labute approximate surface area is 107 Å². The van der Waals surface area contributed by atoms with Gasteiger partial charge in [-0.2, -0.15) is 0 Å². The average Bonchev–Trinajstić information content (AvgIpc) is 2.35. The smallest absolute Gasteiger partial charge is 0.303 e. The summed E-state index contributed by atoms with van der Waals surface area (Å²) in [4.78, 5) is 19.2. The van der Waals surface area contributed by atoms with Gasteiger partial charge < -0.3 is 10.4 Å². The summed E-state index contributed by atoms with van der Waals surface area (Å²) < 4.78 is 0. The first-order chi connectivity index (χ1) is 8.66. The number of aliphatic carboxylic acids is 1. The van der Waals surface area contributed by atoms with Crippen LogP contribution in [0.1, 0.15) is 37.4 Å². The molecule has 1 aromatic rings. The van der Waals surface area contributed by atoms with Crippen LogP contribution < -0.4 is 5.32 Å². The zero-order chi connectivity index (χ0) is 13.0. The fourth-order valence-electron chi connectivity index (χ4n) is 2.31. The molecule has 5 nitrogen and oxygen atoms in total. The number of hydrogen-bond acceptors (Lipinski definition) is 4. The van der Waals surface area contributed by atoms with Gasteiger partial charge in [0, 0.05) is 24.2 Å². The van der Waals surface area contributed by atoms with E-state index in [1.807, 2.05) is 6.92 Å². The van der Waals surface area contributed by atoms with Crippen LogP contribution in [0.4, 0.5) is 5.82 Å². The highest BCUT2D eigenvalue weighted by atomic mass is 16.4. The molecule has 2 rings (SSSR count). The van der Waals surface area contributed by atoms with E-state index in [4.69, 9.17) is 5.11 Å². The Kier molecular flexibility index (Phi) is 4.12. The molecule has 1 aliphatic carbocycles. The predicted octanol–water partition coefficient (Wildman–Crippen LogP) is 1.88. The minimum atomic E-state index is -0.756. The fraction of sp³-hybridized carbons (Fsp3) is 0.615. The summed E-state index contributed by atoms with van der Waals surface area (Å²) in [5, 5.41) is 12.0. The molecule has 0 bridgehead atoms. The van der Waals surface area contributed by atoms with Gasteiger partial charge in [-0.25, -0.2) is 9.97 Å². The van der Waals surface area contributed by atoms with Crippen molar-refractivity contribution in [2.45, 2.75) is 39.0 Å². The van der Waals surface area contributed by atoms with Gasteiger partial charge >= 0.3 is 5.97 Å². The molecule has 98 valence electrons. The van der Waals surface area contributed by atoms with E-state index in [0.29, 0.717) is 6.54 Å². The van der Waals surface area contributed by atoms with Crippen LogP contribution in [0.15, 0.2) is 6.33 Å². The van der Waals surface area contributed by atoms with Crippen molar-refractivity contribution >= 4 is 11.8 Å². The number of nitrogens with one attached hydrogen (secondary N) is 1. The van der Waals surface area contributed by atoms with Crippen LogP contribution in [-0.2, 0) is 17.6 Å². The molecule has 0 saturated carbocycles. The molecule has 1 atom stereocenters. The molecule has 1 unspecified atom stereocenters. The summed E-state index contributed by atoms with van der Waals surface area (Å²) in [5.41, 5.74) is 2.36. The van der Waals surface area contributed by atoms with Crippen molar-refractivity contribution in [3.05, 3.63) is 17.6 Å². The number of fused-ring (bicyclic) bond motifs is 1. The molecular weight excluding hydrogens is 230 g/mol. The highest BCUT2D eigenvalue weighted by Gasteiger charge is 2.16. The van der Waals surface area contributed by atoms with E-state index in [9.17, 15) is 4.79 Å². The first-order valence-corrected chi connectivity index (χ1v) is 6.45. The number of aryl methyl sites for hydroxylation is 1. The molecule has 0 radical (unpaired) electrons. The van der Waals surface area contributed by atoms with Crippen molar-refractivity contribution in [1.82, 2.24) is 9.97 Å². The highest BCUT2D eigenvalue weighted by molar-refractivity contribution is 5.67. The van der Waals surface area contributed by atoms with Crippen molar-refractivity contribution in [3.63, 3.8) is 0 Å². The van der Waals surface area contributed by atoms with Crippen LogP contribution in [0, 0.1) is 5.92 Å². The Morgan fingerprint density at radius 3 is 3.00 bits per heavy atom. The van der Waals surface area contributed by atoms with E-state index < -0.39 is 5.97 Å². The lowest BCUT2D eigenvalue weighted by Gasteiger charge is -2.19. The zero-order valence-corrected chi connectivity index (χ0v) is 10.6. The van der Waals surface area contributed by atoms with E-state index in [1.165, 1.54) is 18.4 Å². The molecule has 5 heteroatoms. The van der Waals surface area contributed by atoms with Gasteiger partial charge in [0.2, 0.25) is 0 Å². The minimum Gasteiger partial charge on any atom is -0.481 e. The third-order valence-electron chi connectivity index (χ3n) is 3.27. The highest BCUT2D eigenvalue weighted by Crippen LogP contribution is 2.24. The van der Waals surface area contributed by atoms with E-state index >= 15 is 0 Å². The second-order valence-electron chi connectivity index (χ2n) is 4.94. The Hall–Kier alpha value is -1.65. The van der Waals surface area contributed by atoms with Crippen molar-refractivity contribution in [2.24, 2.45) is 5.92 Å². The van der Waals surface area contributed by atoms with Crippen molar-refractivity contribution in [1.29, 1.82) is 0 Å². The van der Waals surface area contributed by atoms with Crippen LogP contribution >= 0.6 is 0 Å². The number of carbonyl (C=O) groups is 1. The number of anilines is 1. The normalized spacial score (nSPS) is 15.8. The van der Waals surface area contributed by atoms with Gasteiger partial charge in [-0.1, -0.05) is 6.92 Å². The van der Waals surface area contributed by atoms with Crippen LogP contribution in [-0.4, -0.2) is 27.6 Å². The summed E-state index contributed by atoms with van der Waals surface area (Å²) in [6, 6.07) is 0. The number of aromatic nitrogens is 2. The third-order valence-corrected chi connectivity index (χ3v) is 3.27. The molecule has 0 fully saturated rings. The van der Waals surface area contributed by atoms with Gasteiger partial charge in [0.15, 0.2) is 0 Å². The first-order valence-electron chi connectivity index (χ1n) is 6.45. The second kappa shape index (κ2) is 5.80. The molecule has 1 aromatic heterocycles. The van der Waals surface area contributed by atoms with Gasteiger partial charge in [0.25, 0.3) is 0 Å². The minimum absolute atomic E-state index is 0.0942. The molecule has 1 heterocycles. The molecule has 2 N–H and O–H groups in total. The Balaban J connectivity index is 1.99. The van der Waals surface area contributed by atoms with Gasteiger partial charge in [0.05, 0.1) is 0 Å². The van der Waals surface area contributed by atoms with Crippen molar-refractivity contribution in [2.75, 3.05) is 11.9 Å². The quantitative estimate of drug-likeness (QED) is 0.833. The van der Waals surface area contributed by atoms with Gasteiger partial charge in [-0.05, 0) is 31.6 Å². The van der Waals surface area contributed by atoms with E-state index in [1.54, 1.807) is 6.33 Å². The number of hydrogen-bond donors (Lipinski definition) is 2. The first kappa shape index (κ1) is 12.8. The van der Waals surface area contributed by atoms with Crippen molar-refractivity contribution in [3.8, 4) is 0 Å². The maximum Gasteiger partial charge on any atom is 0.303 e. The number of carboxylic acids is 1. The molecule has 18 heavy (non-hydrogen) atoms. The molecule has 0 aliphatic heterocycles. The third kappa shape index (κ3) is 3.18. The lowest BCUT2D eigenvalue weighted by molar-refractivity contribution is -0.137. The Bertz CT molecular complexity index is 434.